The quantitative estimate of drug-likeness (QED) is 0.898. The van der Waals surface area contributed by atoms with E-state index in [0.717, 1.165) is 11.8 Å². The van der Waals surface area contributed by atoms with Gasteiger partial charge in [0.1, 0.15) is 11.1 Å². The summed E-state index contributed by atoms with van der Waals surface area (Å²) in [7, 11) is -3.49. The van der Waals surface area contributed by atoms with Crippen LogP contribution in [0.4, 0.5) is 10.2 Å². The summed E-state index contributed by atoms with van der Waals surface area (Å²) in [4.78, 5) is 11.8. The van der Waals surface area contributed by atoms with Crippen LogP contribution in [0.5, 0.6) is 0 Å². The zero-order valence-corrected chi connectivity index (χ0v) is 13.2. The number of sulfone groups is 1. The van der Waals surface area contributed by atoms with E-state index in [2.05, 4.69) is 15.5 Å². The number of anilines is 1. The van der Waals surface area contributed by atoms with Crippen molar-refractivity contribution in [3.8, 4) is 11.3 Å². The van der Waals surface area contributed by atoms with Crippen LogP contribution >= 0.6 is 0 Å². The highest BCUT2D eigenvalue weighted by molar-refractivity contribution is 7.92. The number of carbonyl (C=O) groups excluding carboxylic acids is 1. The van der Waals surface area contributed by atoms with E-state index in [1.807, 2.05) is 6.92 Å². The Hall–Kier alpha value is -2.22. The van der Waals surface area contributed by atoms with Crippen LogP contribution in [0.15, 0.2) is 24.3 Å². The SMILES string of the molecule is Cc1ccc(F)c(-c2cc(NC(=O)[C@@H](C)S(C)(=O)=O)n[nH]2)c1. The first-order valence-corrected chi connectivity index (χ1v) is 8.45. The minimum atomic E-state index is -3.49. The second kappa shape index (κ2) is 5.88. The van der Waals surface area contributed by atoms with Gasteiger partial charge in [0.15, 0.2) is 15.7 Å². The fraction of sp³-hybridized carbons (Fsp3) is 0.286. The number of nitrogens with one attached hydrogen (secondary N) is 2. The van der Waals surface area contributed by atoms with Crippen molar-refractivity contribution < 1.29 is 17.6 Å². The number of H-pyrrole nitrogens is 1. The lowest BCUT2D eigenvalue weighted by molar-refractivity contribution is -0.115. The van der Waals surface area contributed by atoms with E-state index in [1.165, 1.54) is 19.1 Å². The molecule has 0 aliphatic heterocycles. The zero-order valence-electron chi connectivity index (χ0n) is 12.3. The van der Waals surface area contributed by atoms with Crippen molar-refractivity contribution in [2.24, 2.45) is 0 Å². The van der Waals surface area contributed by atoms with Gasteiger partial charge in [-0.05, 0) is 26.0 Å². The molecule has 2 rings (SSSR count). The highest BCUT2D eigenvalue weighted by Crippen LogP contribution is 2.24. The van der Waals surface area contributed by atoms with E-state index < -0.39 is 26.8 Å². The van der Waals surface area contributed by atoms with Gasteiger partial charge in [0.25, 0.3) is 0 Å². The van der Waals surface area contributed by atoms with Crippen LogP contribution in [0.25, 0.3) is 11.3 Å². The van der Waals surface area contributed by atoms with Gasteiger partial charge in [0.2, 0.25) is 5.91 Å². The standard InChI is InChI=1S/C14H16FN3O3S/c1-8-4-5-11(15)10(6-8)12-7-13(18-17-12)16-14(19)9(2)22(3,20)21/h4-7,9H,1-3H3,(H2,16,17,18,19)/t9-/m1/s1. The molecule has 0 fully saturated rings. The largest absolute Gasteiger partial charge is 0.308 e. The van der Waals surface area contributed by atoms with Crippen LogP contribution < -0.4 is 5.32 Å². The molecule has 0 aliphatic rings. The average Bonchev–Trinajstić information content (AvgIpc) is 2.87. The van der Waals surface area contributed by atoms with Gasteiger partial charge in [-0.15, -0.1) is 0 Å². The lowest BCUT2D eigenvalue weighted by atomic mass is 10.1. The molecule has 8 heteroatoms. The first kappa shape index (κ1) is 16.2. The van der Waals surface area contributed by atoms with Crippen LogP contribution in [0.3, 0.4) is 0 Å². The summed E-state index contributed by atoms with van der Waals surface area (Å²) < 4.78 is 36.5. The molecule has 2 aromatic rings. The fourth-order valence-electron chi connectivity index (χ4n) is 1.79. The number of aryl methyl sites for hydroxylation is 1. The highest BCUT2D eigenvalue weighted by atomic mass is 32.2. The van der Waals surface area contributed by atoms with Crippen molar-refractivity contribution in [3.05, 3.63) is 35.6 Å². The summed E-state index contributed by atoms with van der Waals surface area (Å²) in [5.41, 5.74) is 1.59. The molecule has 0 aliphatic carbocycles. The molecule has 1 aromatic heterocycles. The molecule has 1 atom stereocenters. The van der Waals surface area contributed by atoms with Crippen molar-refractivity contribution in [1.29, 1.82) is 0 Å². The molecule has 22 heavy (non-hydrogen) atoms. The molecule has 1 amide bonds. The number of aromatic amines is 1. The Labute approximate surface area is 127 Å². The third kappa shape index (κ3) is 3.51. The molecule has 0 radical (unpaired) electrons. The van der Waals surface area contributed by atoms with E-state index in [9.17, 15) is 17.6 Å². The first-order valence-electron chi connectivity index (χ1n) is 6.50. The molecule has 2 N–H and O–H groups in total. The van der Waals surface area contributed by atoms with Crippen molar-refractivity contribution in [1.82, 2.24) is 10.2 Å². The third-order valence-electron chi connectivity index (χ3n) is 3.25. The van der Waals surface area contributed by atoms with Gasteiger partial charge in [0.05, 0.1) is 5.69 Å². The summed E-state index contributed by atoms with van der Waals surface area (Å²) >= 11 is 0. The summed E-state index contributed by atoms with van der Waals surface area (Å²) in [5.74, 6) is -0.974. The van der Waals surface area contributed by atoms with Crippen molar-refractivity contribution in [3.63, 3.8) is 0 Å². The summed E-state index contributed by atoms with van der Waals surface area (Å²) in [6, 6.07) is 6.08. The Morgan fingerprint density at radius 2 is 2.05 bits per heavy atom. The number of hydrogen-bond donors (Lipinski definition) is 2. The lowest BCUT2D eigenvalue weighted by Crippen LogP contribution is -2.31. The first-order chi connectivity index (χ1) is 10.2. The molecule has 1 aromatic carbocycles. The van der Waals surface area contributed by atoms with Crippen LogP contribution in [0, 0.1) is 12.7 Å². The number of carbonyl (C=O) groups is 1. The molecule has 1 heterocycles. The fourth-order valence-corrected chi connectivity index (χ4v) is 2.24. The molecular formula is C14H16FN3O3S. The van der Waals surface area contributed by atoms with Gasteiger partial charge in [0, 0.05) is 17.9 Å². The van der Waals surface area contributed by atoms with Gasteiger partial charge in [-0.2, -0.15) is 5.10 Å². The minimum Gasteiger partial charge on any atom is -0.308 e. The van der Waals surface area contributed by atoms with Gasteiger partial charge in [-0.1, -0.05) is 11.6 Å². The van der Waals surface area contributed by atoms with Crippen molar-refractivity contribution >= 4 is 21.6 Å². The molecule has 0 spiro atoms. The summed E-state index contributed by atoms with van der Waals surface area (Å²) in [6.07, 6.45) is 0.981. The summed E-state index contributed by atoms with van der Waals surface area (Å²) in [6.45, 7) is 3.12. The molecule has 0 saturated carbocycles. The maximum Gasteiger partial charge on any atom is 0.243 e. The van der Waals surface area contributed by atoms with E-state index in [0.29, 0.717) is 11.3 Å². The van der Waals surface area contributed by atoms with Gasteiger partial charge in [-0.25, -0.2) is 12.8 Å². The highest BCUT2D eigenvalue weighted by Gasteiger charge is 2.24. The normalized spacial score (nSPS) is 12.9. The molecule has 0 unspecified atom stereocenters. The number of hydrogen-bond acceptors (Lipinski definition) is 4. The lowest BCUT2D eigenvalue weighted by Gasteiger charge is -2.07. The number of aromatic nitrogens is 2. The average molecular weight is 325 g/mol. The Morgan fingerprint density at radius 3 is 2.68 bits per heavy atom. The maximum absolute atomic E-state index is 13.8. The van der Waals surface area contributed by atoms with Gasteiger partial charge < -0.3 is 5.32 Å². The minimum absolute atomic E-state index is 0.136. The number of amides is 1. The molecule has 0 saturated heterocycles. The van der Waals surface area contributed by atoms with E-state index in [1.54, 1.807) is 12.1 Å². The molecule has 118 valence electrons. The predicted molar refractivity (Wildman–Crippen MR) is 81.7 cm³/mol. The van der Waals surface area contributed by atoms with Gasteiger partial charge >= 0.3 is 0 Å². The predicted octanol–water partition coefficient (Wildman–Crippen LogP) is 1.90. The number of benzene rings is 1. The smallest absolute Gasteiger partial charge is 0.243 e. The maximum atomic E-state index is 13.8. The van der Waals surface area contributed by atoms with E-state index in [4.69, 9.17) is 0 Å². The van der Waals surface area contributed by atoms with Crippen LogP contribution in [-0.4, -0.2) is 36.0 Å². The van der Waals surface area contributed by atoms with Crippen LogP contribution in [0.1, 0.15) is 12.5 Å². The van der Waals surface area contributed by atoms with Crippen molar-refractivity contribution in [2.75, 3.05) is 11.6 Å². The summed E-state index contributed by atoms with van der Waals surface area (Å²) in [5, 5.41) is 7.67. The van der Waals surface area contributed by atoms with Crippen LogP contribution in [-0.2, 0) is 14.6 Å². The molecular weight excluding hydrogens is 309 g/mol. The Kier molecular flexibility index (Phi) is 4.32. The molecule has 6 nitrogen and oxygen atoms in total. The number of halogens is 1. The van der Waals surface area contributed by atoms with Gasteiger partial charge in [-0.3, -0.25) is 9.89 Å². The van der Waals surface area contributed by atoms with E-state index in [-0.39, 0.29) is 5.82 Å². The Balaban J connectivity index is 2.22. The Bertz CT molecular complexity index is 814. The molecule has 0 bridgehead atoms. The Morgan fingerprint density at radius 1 is 1.36 bits per heavy atom. The number of nitrogens with zero attached hydrogens (tertiary/aromatic N) is 1. The monoisotopic (exact) mass is 325 g/mol. The van der Waals surface area contributed by atoms with Crippen molar-refractivity contribution in [2.45, 2.75) is 19.1 Å². The second-order valence-electron chi connectivity index (χ2n) is 5.11. The third-order valence-corrected chi connectivity index (χ3v) is 4.75. The zero-order chi connectivity index (χ0) is 16.5. The topological polar surface area (TPSA) is 91.9 Å². The number of rotatable bonds is 4. The second-order valence-corrected chi connectivity index (χ2v) is 7.48. The van der Waals surface area contributed by atoms with E-state index >= 15 is 0 Å². The van der Waals surface area contributed by atoms with Crippen LogP contribution in [0.2, 0.25) is 0 Å².